The van der Waals surface area contributed by atoms with Crippen LogP contribution in [0.15, 0.2) is 23.1 Å². The van der Waals surface area contributed by atoms with Crippen molar-refractivity contribution < 1.29 is 23.1 Å². The van der Waals surface area contributed by atoms with Crippen LogP contribution in [0.4, 0.5) is 5.69 Å². The number of sulfonamides is 1. The van der Waals surface area contributed by atoms with Gasteiger partial charge in [0.15, 0.2) is 0 Å². The molecule has 0 bridgehead atoms. The molecule has 1 saturated heterocycles. The van der Waals surface area contributed by atoms with E-state index in [1.807, 2.05) is 0 Å². The van der Waals surface area contributed by atoms with E-state index in [9.17, 15) is 23.1 Å². The lowest BCUT2D eigenvalue weighted by Gasteiger charge is -2.20. The molecular weight excluding hydrogens is 332 g/mol. The van der Waals surface area contributed by atoms with E-state index in [1.165, 1.54) is 17.3 Å². The molecule has 0 saturated carbocycles. The number of amides is 1. The van der Waals surface area contributed by atoms with Gasteiger partial charge in [-0.3, -0.25) is 9.59 Å². The molecule has 2 heterocycles. The number of fused-ring (bicyclic) bond motifs is 1. The number of anilines is 1. The third-order valence-electron chi connectivity index (χ3n) is 4.92. The quantitative estimate of drug-likeness (QED) is 0.878. The molecule has 1 unspecified atom stereocenters. The number of carboxylic acid groups (broad SMARTS) is 1. The molecule has 1 atom stereocenters. The topological polar surface area (TPSA) is 95.0 Å². The van der Waals surface area contributed by atoms with Crippen molar-refractivity contribution in [3.8, 4) is 0 Å². The number of carbonyl (C=O) groups is 2. The molecule has 0 spiro atoms. The van der Waals surface area contributed by atoms with Crippen molar-refractivity contribution in [2.75, 3.05) is 24.5 Å². The molecule has 2 aliphatic heterocycles. The van der Waals surface area contributed by atoms with Gasteiger partial charge in [-0.05, 0) is 43.5 Å². The van der Waals surface area contributed by atoms with Crippen molar-refractivity contribution in [3.63, 3.8) is 0 Å². The number of carbonyl (C=O) groups excluding carboxylic acids is 1. The Morgan fingerprint density at radius 1 is 1.25 bits per heavy atom. The van der Waals surface area contributed by atoms with E-state index >= 15 is 0 Å². The first-order valence-electron chi connectivity index (χ1n) is 7.80. The Kier molecular flexibility index (Phi) is 3.92. The number of aliphatic carboxylic acids is 1. The fraction of sp³-hybridized carbons (Fsp3) is 0.500. The van der Waals surface area contributed by atoms with Gasteiger partial charge < -0.3 is 10.0 Å². The van der Waals surface area contributed by atoms with Gasteiger partial charge in [0.25, 0.3) is 0 Å². The Labute approximate surface area is 140 Å². The molecule has 1 N–H and O–H groups in total. The second kappa shape index (κ2) is 5.56. The molecule has 7 nitrogen and oxygen atoms in total. The molecule has 0 aromatic heterocycles. The first kappa shape index (κ1) is 16.9. The number of nitrogens with zero attached hydrogens (tertiary/aromatic N) is 2. The normalized spacial score (nSPS) is 24.2. The molecule has 1 aromatic carbocycles. The second-order valence-corrected chi connectivity index (χ2v) is 8.60. The highest BCUT2D eigenvalue weighted by Gasteiger charge is 2.45. The van der Waals surface area contributed by atoms with Crippen molar-refractivity contribution in [2.45, 2.75) is 31.6 Å². The zero-order valence-electron chi connectivity index (χ0n) is 13.7. The molecule has 24 heavy (non-hydrogen) atoms. The first-order chi connectivity index (χ1) is 11.1. The van der Waals surface area contributed by atoms with Crippen LogP contribution < -0.4 is 4.90 Å². The fourth-order valence-electron chi connectivity index (χ4n) is 3.31. The van der Waals surface area contributed by atoms with Crippen LogP contribution in [-0.2, 0) is 26.0 Å². The number of hydrogen-bond acceptors (Lipinski definition) is 4. The van der Waals surface area contributed by atoms with E-state index in [0.717, 1.165) is 11.3 Å². The number of rotatable bonds is 3. The van der Waals surface area contributed by atoms with Crippen molar-refractivity contribution in [1.29, 1.82) is 0 Å². The highest BCUT2D eigenvalue weighted by molar-refractivity contribution is 7.89. The lowest BCUT2D eigenvalue weighted by Crippen LogP contribution is -2.34. The number of hydrogen-bond donors (Lipinski definition) is 1. The van der Waals surface area contributed by atoms with Gasteiger partial charge in [0.05, 0.1) is 10.3 Å². The summed E-state index contributed by atoms with van der Waals surface area (Å²) in [6.45, 7) is 3.77. The summed E-state index contributed by atoms with van der Waals surface area (Å²) >= 11 is 0. The minimum absolute atomic E-state index is 0.0265. The summed E-state index contributed by atoms with van der Waals surface area (Å²) in [6, 6.07) is 4.75. The van der Waals surface area contributed by atoms with Gasteiger partial charge in [-0.25, -0.2) is 8.42 Å². The molecule has 1 amide bonds. The minimum Gasteiger partial charge on any atom is -0.481 e. The Bertz CT molecular complexity index is 820. The fourth-order valence-corrected chi connectivity index (χ4v) is 4.93. The maximum Gasteiger partial charge on any atom is 0.310 e. The number of carboxylic acids is 1. The van der Waals surface area contributed by atoms with Crippen molar-refractivity contribution in [3.05, 3.63) is 23.8 Å². The molecule has 0 radical (unpaired) electrons. The van der Waals surface area contributed by atoms with Crippen molar-refractivity contribution in [1.82, 2.24) is 4.31 Å². The van der Waals surface area contributed by atoms with E-state index in [0.29, 0.717) is 19.4 Å². The summed E-state index contributed by atoms with van der Waals surface area (Å²) in [5, 5.41) is 9.28. The van der Waals surface area contributed by atoms with Gasteiger partial charge in [-0.15, -0.1) is 0 Å². The third-order valence-corrected chi connectivity index (χ3v) is 6.76. The first-order valence-corrected chi connectivity index (χ1v) is 9.24. The highest BCUT2D eigenvalue weighted by atomic mass is 32.2. The van der Waals surface area contributed by atoms with Crippen LogP contribution >= 0.6 is 0 Å². The van der Waals surface area contributed by atoms with Crippen molar-refractivity contribution in [2.24, 2.45) is 5.41 Å². The lowest BCUT2D eigenvalue weighted by molar-refractivity contribution is -0.146. The Balaban J connectivity index is 1.90. The average molecular weight is 352 g/mol. The second-order valence-electron chi connectivity index (χ2n) is 6.67. The smallest absolute Gasteiger partial charge is 0.310 e. The number of benzene rings is 1. The Hall–Kier alpha value is -1.93. The monoisotopic (exact) mass is 352 g/mol. The van der Waals surface area contributed by atoms with Crippen LogP contribution in [0.2, 0.25) is 0 Å². The van der Waals surface area contributed by atoms with Gasteiger partial charge >= 0.3 is 5.97 Å². The Morgan fingerprint density at radius 3 is 2.54 bits per heavy atom. The van der Waals surface area contributed by atoms with Crippen LogP contribution in [0.5, 0.6) is 0 Å². The largest absolute Gasteiger partial charge is 0.481 e. The Morgan fingerprint density at radius 2 is 1.96 bits per heavy atom. The zero-order valence-corrected chi connectivity index (χ0v) is 14.5. The van der Waals surface area contributed by atoms with Gasteiger partial charge in [0.1, 0.15) is 0 Å². The summed E-state index contributed by atoms with van der Waals surface area (Å²) in [4.78, 5) is 24.7. The van der Waals surface area contributed by atoms with Gasteiger partial charge in [-0.2, -0.15) is 4.31 Å². The van der Waals surface area contributed by atoms with Crippen LogP contribution in [0.25, 0.3) is 0 Å². The maximum absolute atomic E-state index is 12.8. The maximum atomic E-state index is 12.8. The molecule has 0 aliphatic carbocycles. The average Bonchev–Trinajstić information content (AvgIpc) is 3.11. The molecule has 3 rings (SSSR count). The van der Waals surface area contributed by atoms with E-state index in [1.54, 1.807) is 24.0 Å². The van der Waals surface area contributed by atoms with E-state index in [4.69, 9.17) is 0 Å². The van der Waals surface area contributed by atoms with Gasteiger partial charge in [0, 0.05) is 32.2 Å². The predicted octanol–water partition coefficient (Wildman–Crippen LogP) is 1.08. The van der Waals surface area contributed by atoms with Crippen molar-refractivity contribution >= 4 is 27.6 Å². The van der Waals surface area contributed by atoms with E-state index in [-0.39, 0.29) is 23.9 Å². The van der Waals surface area contributed by atoms with Crippen LogP contribution in [-0.4, -0.2) is 49.3 Å². The summed E-state index contributed by atoms with van der Waals surface area (Å²) in [7, 11) is -3.74. The summed E-state index contributed by atoms with van der Waals surface area (Å²) in [5.41, 5.74) is 0.527. The SMILES string of the molecule is CC(=O)N1CCc2cc(S(=O)(=O)N3CCC(C)(C(=O)O)C3)ccc21. The summed E-state index contributed by atoms with van der Waals surface area (Å²) < 4.78 is 26.9. The van der Waals surface area contributed by atoms with Crippen LogP contribution in [0, 0.1) is 5.41 Å². The van der Waals surface area contributed by atoms with Gasteiger partial charge in [-0.1, -0.05) is 0 Å². The van der Waals surface area contributed by atoms with E-state index < -0.39 is 21.4 Å². The summed E-state index contributed by atoms with van der Waals surface area (Å²) in [5.74, 6) is -1.05. The van der Waals surface area contributed by atoms with Crippen LogP contribution in [0.1, 0.15) is 25.8 Å². The van der Waals surface area contributed by atoms with Gasteiger partial charge in [0.2, 0.25) is 15.9 Å². The van der Waals surface area contributed by atoms with Crippen LogP contribution in [0.3, 0.4) is 0 Å². The highest BCUT2D eigenvalue weighted by Crippen LogP contribution is 2.36. The lowest BCUT2D eigenvalue weighted by atomic mass is 9.90. The zero-order chi connectivity index (χ0) is 17.7. The summed E-state index contributed by atoms with van der Waals surface area (Å²) in [6.07, 6.45) is 0.912. The standard InChI is InChI=1S/C16H20N2O5S/c1-11(19)18-7-5-12-9-13(3-4-14(12)18)24(22,23)17-8-6-16(2,10-17)15(20)21/h3-4,9H,5-8,10H2,1-2H3,(H,20,21). The molecule has 130 valence electrons. The molecular formula is C16H20N2O5S. The molecule has 8 heteroatoms. The third kappa shape index (κ3) is 2.59. The molecule has 1 aromatic rings. The van der Waals surface area contributed by atoms with E-state index in [2.05, 4.69) is 0 Å². The minimum atomic E-state index is -3.74. The molecule has 2 aliphatic rings. The predicted molar refractivity (Wildman–Crippen MR) is 87.3 cm³/mol. The molecule has 1 fully saturated rings.